The third kappa shape index (κ3) is 3.47. The Hall–Kier alpha value is -1.32. The van der Waals surface area contributed by atoms with Crippen molar-refractivity contribution in [1.82, 2.24) is 5.32 Å². The molecule has 1 aliphatic heterocycles. The average Bonchev–Trinajstić information content (AvgIpc) is 2.53. The summed E-state index contributed by atoms with van der Waals surface area (Å²) in [5.74, 6) is 1.58. The molecular formula is C18H20BrNO. The summed E-state index contributed by atoms with van der Waals surface area (Å²) in [5, 5.41) is 3.66. The third-order valence-corrected chi connectivity index (χ3v) is 4.65. The first-order valence-corrected chi connectivity index (χ1v) is 8.24. The molecule has 1 unspecified atom stereocenters. The second kappa shape index (κ2) is 6.63. The lowest BCUT2D eigenvalue weighted by Gasteiger charge is -2.27. The lowest BCUT2D eigenvalue weighted by molar-refractivity contribution is 0.263. The predicted molar refractivity (Wildman–Crippen MR) is 89.9 cm³/mol. The Bertz CT molecular complexity index is 596. The molecule has 1 N–H and O–H groups in total. The Morgan fingerprint density at radius 1 is 1.19 bits per heavy atom. The van der Waals surface area contributed by atoms with Gasteiger partial charge in [0.2, 0.25) is 0 Å². The summed E-state index contributed by atoms with van der Waals surface area (Å²) >= 11 is 3.48. The quantitative estimate of drug-likeness (QED) is 0.869. The molecule has 3 rings (SSSR count). The third-order valence-electron chi connectivity index (χ3n) is 4.12. The van der Waals surface area contributed by atoms with Crippen LogP contribution in [0.15, 0.2) is 53.0 Å². The van der Waals surface area contributed by atoms with Gasteiger partial charge in [-0.3, -0.25) is 0 Å². The molecule has 0 aliphatic carbocycles. The SMILES string of the molecule is C[C@H](NCC1CCOc2ccccc21)c1ccc(Br)cc1. The lowest BCUT2D eigenvalue weighted by Crippen LogP contribution is -2.28. The van der Waals surface area contributed by atoms with Crippen LogP contribution in [-0.4, -0.2) is 13.2 Å². The smallest absolute Gasteiger partial charge is 0.122 e. The minimum absolute atomic E-state index is 0.355. The summed E-state index contributed by atoms with van der Waals surface area (Å²) in [6.45, 7) is 4.02. The summed E-state index contributed by atoms with van der Waals surface area (Å²) in [5.41, 5.74) is 2.65. The summed E-state index contributed by atoms with van der Waals surface area (Å²) in [7, 11) is 0. The zero-order valence-corrected chi connectivity index (χ0v) is 13.8. The Morgan fingerprint density at radius 2 is 1.95 bits per heavy atom. The second-order valence-corrected chi connectivity index (χ2v) is 6.47. The van der Waals surface area contributed by atoms with Gasteiger partial charge in [0, 0.05) is 23.0 Å². The van der Waals surface area contributed by atoms with Crippen molar-refractivity contribution < 1.29 is 4.74 Å². The zero-order chi connectivity index (χ0) is 14.7. The van der Waals surface area contributed by atoms with Gasteiger partial charge in [-0.2, -0.15) is 0 Å². The van der Waals surface area contributed by atoms with Crippen LogP contribution in [0.4, 0.5) is 0 Å². The predicted octanol–water partition coefficient (Wildman–Crippen LogP) is 4.67. The Kier molecular flexibility index (Phi) is 4.61. The number of ether oxygens (including phenoxy) is 1. The number of rotatable bonds is 4. The van der Waals surface area contributed by atoms with Crippen LogP contribution in [0.2, 0.25) is 0 Å². The minimum Gasteiger partial charge on any atom is -0.493 e. The summed E-state index contributed by atoms with van der Waals surface area (Å²) in [6.07, 6.45) is 1.08. The Morgan fingerprint density at radius 3 is 2.76 bits per heavy atom. The van der Waals surface area contributed by atoms with Crippen LogP contribution >= 0.6 is 15.9 Å². The van der Waals surface area contributed by atoms with Gasteiger partial charge < -0.3 is 10.1 Å². The van der Waals surface area contributed by atoms with Gasteiger partial charge in [-0.05, 0) is 42.7 Å². The molecule has 0 aromatic heterocycles. The molecule has 2 aromatic carbocycles. The van der Waals surface area contributed by atoms with Gasteiger partial charge in [-0.15, -0.1) is 0 Å². The lowest BCUT2D eigenvalue weighted by atomic mass is 9.92. The van der Waals surface area contributed by atoms with Crippen LogP contribution < -0.4 is 10.1 Å². The van der Waals surface area contributed by atoms with E-state index in [1.165, 1.54) is 11.1 Å². The van der Waals surface area contributed by atoms with Crippen molar-refractivity contribution in [2.75, 3.05) is 13.2 Å². The van der Waals surface area contributed by atoms with E-state index in [0.29, 0.717) is 12.0 Å². The highest BCUT2D eigenvalue weighted by molar-refractivity contribution is 9.10. The largest absolute Gasteiger partial charge is 0.493 e. The first-order chi connectivity index (χ1) is 10.2. The van der Waals surface area contributed by atoms with E-state index < -0.39 is 0 Å². The van der Waals surface area contributed by atoms with Crippen LogP contribution in [0.1, 0.15) is 36.4 Å². The molecule has 2 aromatic rings. The molecule has 0 spiro atoms. The van der Waals surface area contributed by atoms with Crippen molar-refractivity contribution in [2.24, 2.45) is 0 Å². The van der Waals surface area contributed by atoms with Crippen LogP contribution in [0.3, 0.4) is 0 Å². The zero-order valence-electron chi connectivity index (χ0n) is 12.2. The molecule has 1 aliphatic rings. The van der Waals surface area contributed by atoms with E-state index in [0.717, 1.165) is 29.8 Å². The molecule has 21 heavy (non-hydrogen) atoms. The summed E-state index contributed by atoms with van der Waals surface area (Å²) in [6, 6.07) is 17.3. The molecule has 0 saturated carbocycles. The fourth-order valence-corrected chi connectivity index (χ4v) is 3.08. The number of nitrogens with one attached hydrogen (secondary N) is 1. The van der Waals surface area contributed by atoms with E-state index in [1.54, 1.807) is 0 Å². The maximum absolute atomic E-state index is 5.73. The van der Waals surface area contributed by atoms with Crippen molar-refractivity contribution in [3.05, 3.63) is 64.1 Å². The van der Waals surface area contributed by atoms with Crippen molar-refractivity contribution in [2.45, 2.75) is 25.3 Å². The van der Waals surface area contributed by atoms with Crippen LogP contribution in [0.25, 0.3) is 0 Å². The molecule has 3 heteroatoms. The number of hydrogen-bond donors (Lipinski definition) is 1. The monoisotopic (exact) mass is 345 g/mol. The molecule has 0 bridgehead atoms. The van der Waals surface area contributed by atoms with E-state index >= 15 is 0 Å². The highest BCUT2D eigenvalue weighted by Crippen LogP contribution is 2.33. The maximum Gasteiger partial charge on any atom is 0.122 e. The molecule has 0 fully saturated rings. The van der Waals surface area contributed by atoms with E-state index in [9.17, 15) is 0 Å². The minimum atomic E-state index is 0.355. The van der Waals surface area contributed by atoms with Crippen LogP contribution in [0.5, 0.6) is 5.75 Å². The van der Waals surface area contributed by atoms with E-state index in [2.05, 4.69) is 70.6 Å². The molecular weight excluding hydrogens is 326 g/mol. The van der Waals surface area contributed by atoms with Gasteiger partial charge in [0.25, 0.3) is 0 Å². The highest BCUT2D eigenvalue weighted by Gasteiger charge is 2.21. The fraction of sp³-hybridized carbons (Fsp3) is 0.333. The number of para-hydroxylation sites is 1. The molecule has 0 amide bonds. The van der Waals surface area contributed by atoms with Gasteiger partial charge in [0.05, 0.1) is 6.61 Å². The van der Waals surface area contributed by atoms with Crippen molar-refractivity contribution in [3.63, 3.8) is 0 Å². The number of benzene rings is 2. The molecule has 2 nitrogen and oxygen atoms in total. The van der Waals surface area contributed by atoms with Gasteiger partial charge in [0.15, 0.2) is 0 Å². The first kappa shape index (κ1) is 14.6. The normalized spacial score (nSPS) is 18.7. The van der Waals surface area contributed by atoms with Crippen LogP contribution in [-0.2, 0) is 0 Å². The van der Waals surface area contributed by atoms with Crippen molar-refractivity contribution in [1.29, 1.82) is 0 Å². The van der Waals surface area contributed by atoms with Crippen molar-refractivity contribution in [3.8, 4) is 5.75 Å². The second-order valence-electron chi connectivity index (χ2n) is 5.55. The van der Waals surface area contributed by atoms with E-state index in [1.807, 2.05) is 6.07 Å². The molecule has 0 saturated heterocycles. The summed E-state index contributed by atoms with van der Waals surface area (Å²) in [4.78, 5) is 0. The van der Waals surface area contributed by atoms with Gasteiger partial charge >= 0.3 is 0 Å². The molecule has 0 radical (unpaired) electrons. The summed E-state index contributed by atoms with van der Waals surface area (Å²) < 4.78 is 6.85. The van der Waals surface area contributed by atoms with Crippen molar-refractivity contribution >= 4 is 15.9 Å². The van der Waals surface area contributed by atoms with Crippen LogP contribution in [0, 0.1) is 0 Å². The Balaban J connectivity index is 1.64. The number of halogens is 1. The maximum atomic E-state index is 5.73. The average molecular weight is 346 g/mol. The standard InChI is InChI=1S/C18H20BrNO/c1-13(14-6-8-16(19)9-7-14)20-12-15-10-11-21-18-5-3-2-4-17(15)18/h2-9,13,15,20H,10-12H2,1H3/t13-,15?/m0/s1. The van der Waals surface area contributed by atoms with Gasteiger partial charge in [0.1, 0.15) is 5.75 Å². The number of fused-ring (bicyclic) bond motifs is 1. The topological polar surface area (TPSA) is 21.3 Å². The Labute approximate surface area is 134 Å². The molecule has 110 valence electrons. The van der Waals surface area contributed by atoms with Gasteiger partial charge in [-0.1, -0.05) is 46.3 Å². The van der Waals surface area contributed by atoms with E-state index in [-0.39, 0.29) is 0 Å². The number of hydrogen-bond acceptors (Lipinski definition) is 2. The van der Waals surface area contributed by atoms with E-state index in [4.69, 9.17) is 4.74 Å². The molecule has 1 heterocycles. The molecule has 2 atom stereocenters. The van der Waals surface area contributed by atoms with Gasteiger partial charge in [-0.25, -0.2) is 0 Å². The first-order valence-electron chi connectivity index (χ1n) is 7.44. The fourth-order valence-electron chi connectivity index (χ4n) is 2.82. The highest BCUT2D eigenvalue weighted by atomic mass is 79.9.